The van der Waals surface area contributed by atoms with Crippen LogP contribution in [0.3, 0.4) is 0 Å². The van der Waals surface area contributed by atoms with Gasteiger partial charge in [-0.1, -0.05) is 85.4 Å². The molecule has 4 aliphatic heterocycles. The SMILES string of the molecule is CCC(C)[C@H]1N=C(O)[C@@](C)(c2ccc(O)cc2)N=C(O)CC2(CCCCC2)SSC[C@H](C(=O)N2CCC[C@@H]2C(O)=N[C@@H](CCCN=C(O)c2ccc3c(c2)C2(OC3=O)c3ccc(O)cc3Oc3cc(O)ccc32)C(O)=N[C@H](C(=N)O)c2ccc(O)cc2)N=C(O)[C@@H](CC(=N)O)N=C(O)[C@@H](C(C)O)N=C1O. The Hall–Kier alpha value is -10.6. The molecule has 2 unspecified atom stereocenters. The van der Waals surface area contributed by atoms with Crippen molar-refractivity contribution in [2.45, 2.75) is 169 Å². The zero-order valence-electron chi connectivity index (χ0n) is 57.8. The normalized spacial score (nSPS) is 23.6. The van der Waals surface area contributed by atoms with E-state index < -0.39 is 147 Å². The van der Waals surface area contributed by atoms with Gasteiger partial charge in [0, 0.05) is 64.4 Å². The van der Waals surface area contributed by atoms with Gasteiger partial charge in [0.05, 0.1) is 18.1 Å². The second-order valence-corrected chi connectivity index (χ2v) is 29.6. The van der Waals surface area contributed by atoms with Crippen molar-refractivity contribution in [3.8, 4) is 34.5 Å². The molecule has 1 saturated heterocycles. The lowest BCUT2D eigenvalue weighted by Crippen LogP contribution is -2.46. The average molecular weight is 1480 g/mol. The molecule has 2 spiro atoms. The minimum atomic E-state index is -1.88. The van der Waals surface area contributed by atoms with E-state index >= 15 is 4.79 Å². The fourth-order valence-electron chi connectivity index (χ4n) is 13.4. The fourth-order valence-corrected chi connectivity index (χ4v) is 16.7. The Bertz CT molecular complexity index is 4300. The van der Waals surface area contributed by atoms with Crippen molar-refractivity contribution in [2.24, 2.45) is 45.9 Å². The molecule has 4 heterocycles. The number of amides is 1. The van der Waals surface area contributed by atoms with E-state index in [1.54, 1.807) is 13.8 Å². The predicted octanol–water partition coefficient (Wildman–Crippen LogP) is 11.7. The van der Waals surface area contributed by atoms with E-state index in [9.17, 15) is 81.4 Å². The highest BCUT2D eigenvalue weighted by atomic mass is 33.1. The molecule has 5 aromatic carbocycles. The van der Waals surface area contributed by atoms with E-state index in [1.165, 1.54) is 133 Å². The van der Waals surface area contributed by atoms with Gasteiger partial charge in [0.15, 0.2) is 35.0 Å². The molecule has 10 rings (SSSR count). The number of hydrogen-bond acceptors (Lipinski definition) is 21. The van der Waals surface area contributed by atoms with Crippen molar-refractivity contribution in [1.82, 2.24) is 4.90 Å². The van der Waals surface area contributed by atoms with Crippen molar-refractivity contribution in [3.05, 3.63) is 142 Å². The summed E-state index contributed by atoms with van der Waals surface area (Å²) in [6, 6.07) is 12.8. The van der Waals surface area contributed by atoms with Crippen LogP contribution in [0.2, 0.25) is 0 Å². The van der Waals surface area contributed by atoms with E-state index in [0.717, 1.165) is 30.1 Å². The molecule has 0 bridgehead atoms. The number of nitrogens with one attached hydrogen (secondary N) is 2. The molecule has 105 heavy (non-hydrogen) atoms. The molecular formula is C73H85N11O19S2. The maximum absolute atomic E-state index is 15.5. The van der Waals surface area contributed by atoms with Gasteiger partial charge in [-0.3, -0.25) is 20.6 Å². The number of rotatable bonds is 18. The molecule has 1 aliphatic carbocycles. The molecule has 1 amide bonds. The molecule has 558 valence electrons. The van der Waals surface area contributed by atoms with Crippen LogP contribution in [-0.2, 0) is 20.7 Å². The van der Waals surface area contributed by atoms with Crippen LogP contribution in [-0.4, -0.2) is 218 Å². The first-order valence-corrected chi connectivity index (χ1v) is 36.5. The Morgan fingerprint density at radius 3 is 1.97 bits per heavy atom. The summed E-state index contributed by atoms with van der Waals surface area (Å²) in [5.41, 5.74) is -1.92. The van der Waals surface area contributed by atoms with Crippen molar-refractivity contribution < 1.29 is 95.7 Å². The Morgan fingerprint density at radius 1 is 0.724 bits per heavy atom. The third kappa shape index (κ3) is 17.1. The van der Waals surface area contributed by atoms with Crippen LogP contribution in [0.25, 0.3) is 0 Å². The maximum atomic E-state index is 15.5. The monoisotopic (exact) mass is 1480 g/mol. The number of aliphatic hydroxyl groups is 11. The highest BCUT2D eigenvalue weighted by molar-refractivity contribution is 8.77. The number of hydrogen-bond donors (Lipinski definition) is 17. The van der Waals surface area contributed by atoms with Gasteiger partial charge in [0.25, 0.3) is 0 Å². The molecular weight excluding hydrogens is 1400 g/mol. The standard InChI is InChI=1S/C73H85N11O19S2/c1-5-37(2)58-66(97)80-59(38(3)85)67(98)78-51(34-56(74)90)64(95)79-52(36-104-105-72(27-7-6-8-28-72)35-57(91)83-71(4,70(101)82-58)41-16-20-43(87)21-17-41)68(99)84-30-10-12-53(84)65(96)77-50(63(94)81-60(61(75)92)39-13-18-42(86)19-14-39)11-9-29-76-62(93)40-15-24-46-49(31-40)73(103-69(46)100)47-25-22-44(88)32-54(47)102-55-33-45(89)23-26-48(55)73/h13-26,31-33,37-38,50-53,58-60,85-89H,5-12,27-30,34-36H2,1-4H3,(H2,74,90)(H2,75,92)(H,76,93)(H,77,96)(H,78,98)(H,79,95)(H,80,97)(H,81,94)(H,82,101)(H,83,91)/t37?,38?,50-,51+,52+,53+,58+,59+,60-,71+/m0/s1. The van der Waals surface area contributed by atoms with Crippen LogP contribution < -0.4 is 4.74 Å². The van der Waals surface area contributed by atoms with Crippen LogP contribution in [0, 0.1) is 16.7 Å². The lowest BCUT2D eigenvalue weighted by molar-refractivity contribution is -0.132. The molecule has 0 radical (unpaired) electrons. The highest BCUT2D eigenvalue weighted by Crippen LogP contribution is 2.57. The van der Waals surface area contributed by atoms with E-state index in [2.05, 4.69) is 34.9 Å². The summed E-state index contributed by atoms with van der Waals surface area (Å²) >= 11 is 0. The predicted molar refractivity (Wildman–Crippen MR) is 399 cm³/mol. The Morgan fingerprint density at radius 2 is 1.35 bits per heavy atom. The molecule has 32 heteroatoms. The van der Waals surface area contributed by atoms with E-state index in [0.29, 0.717) is 30.4 Å². The van der Waals surface area contributed by atoms with Gasteiger partial charge in [-0.15, -0.1) is 0 Å². The summed E-state index contributed by atoms with van der Waals surface area (Å²) < 4.78 is 11.5. The molecule has 5 aromatic rings. The van der Waals surface area contributed by atoms with Crippen molar-refractivity contribution in [1.29, 1.82) is 10.8 Å². The first-order chi connectivity index (χ1) is 49.9. The second-order valence-electron chi connectivity index (χ2n) is 26.7. The quantitative estimate of drug-likeness (QED) is 0.0127. The second kappa shape index (κ2) is 32.6. The number of phenols is 4. The number of aliphatic hydroxyl groups excluding tert-OH is 11. The van der Waals surface area contributed by atoms with Crippen molar-refractivity contribution in [3.63, 3.8) is 0 Å². The molecule has 0 aromatic heterocycles. The Labute approximate surface area is 611 Å². The van der Waals surface area contributed by atoms with Crippen LogP contribution in [0.5, 0.6) is 34.5 Å². The van der Waals surface area contributed by atoms with E-state index in [-0.39, 0.29) is 113 Å². The van der Waals surface area contributed by atoms with Crippen LogP contribution in [0.15, 0.2) is 143 Å². The van der Waals surface area contributed by atoms with E-state index in [1.807, 2.05) is 0 Å². The number of aromatic hydroxyl groups is 4. The number of carbonyl (C=O) groups is 2. The zero-order chi connectivity index (χ0) is 75.8. The highest BCUT2D eigenvalue weighted by Gasteiger charge is 2.54. The zero-order valence-corrected chi connectivity index (χ0v) is 59.4. The van der Waals surface area contributed by atoms with Gasteiger partial charge >= 0.3 is 5.97 Å². The smallest absolute Gasteiger partial charge is 0.340 e. The van der Waals surface area contributed by atoms with Crippen molar-refractivity contribution >= 4 is 92.4 Å². The summed E-state index contributed by atoms with van der Waals surface area (Å²) in [6.45, 7) is 5.91. The molecule has 5 aliphatic rings. The van der Waals surface area contributed by atoms with Gasteiger partial charge in [-0.05, 0) is 136 Å². The fraction of sp³-hybridized carbons (Fsp3) is 0.425. The molecule has 17 N–H and O–H groups in total. The molecule has 2 fully saturated rings. The lowest BCUT2D eigenvalue weighted by Gasteiger charge is -2.36. The topological polar surface area (TPSA) is 506 Å². The number of ether oxygens (including phenoxy) is 2. The number of likely N-dealkylation sites (tertiary alicyclic amines) is 1. The molecule has 1 saturated carbocycles. The summed E-state index contributed by atoms with van der Waals surface area (Å²) in [4.78, 5) is 65.7. The minimum Gasteiger partial charge on any atom is -0.508 e. The van der Waals surface area contributed by atoms with Crippen LogP contribution in [0.4, 0.5) is 0 Å². The van der Waals surface area contributed by atoms with Gasteiger partial charge in [0.1, 0.15) is 64.7 Å². The summed E-state index contributed by atoms with van der Waals surface area (Å²) in [5, 5.41) is 186. The van der Waals surface area contributed by atoms with Crippen LogP contribution in [0.1, 0.15) is 155 Å². The minimum absolute atomic E-state index is 0.0283. The molecule has 10 atom stereocenters. The van der Waals surface area contributed by atoms with Gasteiger partial charge in [0.2, 0.25) is 53.1 Å². The average Bonchev–Trinajstić information content (AvgIpc) is 1.59. The third-order valence-corrected chi connectivity index (χ3v) is 22.5. The largest absolute Gasteiger partial charge is 0.508 e. The first-order valence-electron chi connectivity index (χ1n) is 34.2. The van der Waals surface area contributed by atoms with Crippen LogP contribution >= 0.6 is 21.6 Å². The number of fused-ring (bicyclic) bond motifs is 6. The lowest BCUT2D eigenvalue weighted by atomic mass is 9.77. The summed E-state index contributed by atoms with van der Waals surface area (Å²) in [5.74, 6) is -10.7. The Kier molecular flexibility index (Phi) is 23.9. The summed E-state index contributed by atoms with van der Waals surface area (Å²) in [7, 11) is 2.46. The van der Waals surface area contributed by atoms with Gasteiger partial charge < -0.3 is 91.0 Å². The first kappa shape index (κ1) is 77.0. The summed E-state index contributed by atoms with van der Waals surface area (Å²) in [6.07, 6.45) is 1.21. The maximum Gasteiger partial charge on any atom is 0.340 e. The number of phenolic OH excluding ortho intramolecular Hbond substituents is 4. The number of aliphatic imine (C=N–C) groups is 8. The number of benzene rings is 5. The number of nitrogens with zero attached hydrogens (tertiary/aromatic N) is 9. The molecule has 30 nitrogen and oxygen atoms in total. The number of carbonyl (C=O) groups excluding carboxylic acids is 2. The van der Waals surface area contributed by atoms with Gasteiger partial charge in [-0.2, -0.15) is 0 Å². The Balaban J connectivity index is 0.992. The number of esters is 1. The van der Waals surface area contributed by atoms with E-state index in [4.69, 9.17) is 25.3 Å². The van der Waals surface area contributed by atoms with Crippen molar-refractivity contribution in [2.75, 3.05) is 18.8 Å². The third-order valence-electron chi connectivity index (χ3n) is 19.3. The van der Waals surface area contributed by atoms with Gasteiger partial charge in [-0.25, -0.2) is 39.7 Å².